The molecule has 2 rings (SSSR count). The Morgan fingerprint density at radius 2 is 2.38 bits per heavy atom. The molecule has 1 aromatic heterocycles. The largest absolute Gasteiger partial charge is 0.469 e. The minimum Gasteiger partial charge on any atom is -0.469 e. The van der Waals surface area contributed by atoms with Crippen LogP contribution in [0.15, 0.2) is 16.7 Å². The molecule has 0 spiro atoms. The van der Waals surface area contributed by atoms with Crippen molar-refractivity contribution < 1.29 is 4.42 Å². The predicted octanol–water partition coefficient (Wildman–Crippen LogP) is 2.65. The summed E-state index contributed by atoms with van der Waals surface area (Å²) in [7, 11) is 0. The Labute approximate surface area is 79.3 Å². The summed E-state index contributed by atoms with van der Waals surface area (Å²) < 4.78 is 5.33. The van der Waals surface area contributed by atoms with E-state index in [4.69, 9.17) is 4.42 Å². The number of hydrogen-bond donors (Lipinski definition) is 1. The highest BCUT2D eigenvalue weighted by Crippen LogP contribution is 2.41. The van der Waals surface area contributed by atoms with Crippen LogP contribution in [-0.2, 0) is 0 Å². The number of hydrogen-bond acceptors (Lipinski definition) is 2. The summed E-state index contributed by atoms with van der Waals surface area (Å²) in [5.74, 6) is 1.86. The Morgan fingerprint density at radius 1 is 1.62 bits per heavy atom. The fourth-order valence-corrected chi connectivity index (χ4v) is 1.83. The lowest BCUT2D eigenvalue weighted by Crippen LogP contribution is -2.21. The van der Waals surface area contributed by atoms with Gasteiger partial charge in [-0.25, -0.2) is 0 Å². The molecule has 72 valence electrons. The fraction of sp³-hybridized carbons (Fsp3) is 0.636. The van der Waals surface area contributed by atoms with Crippen molar-refractivity contribution in [2.75, 3.05) is 6.54 Å². The third kappa shape index (κ3) is 1.94. The highest BCUT2D eigenvalue weighted by Gasteiger charge is 2.32. The summed E-state index contributed by atoms with van der Waals surface area (Å²) in [5.41, 5.74) is 1.32. The molecule has 1 aromatic rings. The summed E-state index contributed by atoms with van der Waals surface area (Å²) in [6.45, 7) is 5.19. The van der Waals surface area contributed by atoms with Gasteiger partial charge in [-0.15, -0.1) is 0 Å². The first kappa shape index (κ1) is 8.82. The maximum atomic E-state index is 5.33. The quantitative estimate of drug-likeness (QED) is 0.768. The Morgan fingerprint density at radius 3 is 2.85 bits per heavy atom. The molecule has 2 nitrogen and oxygen atoms in total. The number of aryl methyl sites for hydroxylation is 1. The van der Waals surface area contributed by atoms with Gasteiger partial charge in [-0.3, -0.25) is 0 Å². The molecule has 0 aromatic carbocycles. The van der Waals surface area contributed by atoms with E-state index in [2.05, 4.69) is 18.3 Å². The van der Waals surface area contributed by atoms with Crippen molar-refractivity contribution >= 4 is 0 Å². The van der Waals surface area contributed by atoms with Crippen molar-refractivity contribution in [3.05, 3.63) is 23.7 Å². The molecule has 0 radical (unpaired) electrons. The van der Waals surface area contributed by atoms with Crippen molar-refractivity contribution in [3.8, 4) is 0 Å². The highest BCUT2D eigenvalue weighted by molar-refractivity contribution is 5.18. The van der Waals surface area contributed by atoms with E-state index in [1.54, 1.807) is 0 Å². The van der Waals surface area contributed by atoms with Crippen molar-refractivity contribution in [3.63, 3.8) is 0 Å². The van der Waals surface area contributed by atoms with E-state index >= 15 is 0 Å². The minimum atomic E-state index is 0.530. The van der Waals surface area contributed by atoms with E-state index < -0.39 is 0 Å². The molecule has 0 saturated heterocycles. The van der Waals surface area contributed by atoms with Crippen molar-refractivity contribution in [1.29, 1.82) is 0 Å². The maximum Gasteiger partial charge on any atom is 0.101 e. The lowest BCUT2D eigenvalue weighted by molar-refractivity contribution is 0.481. The Hall–Kier alpha value is -0.760. The van der Waals surface area contributed by atoms with E-state index in [0.717, 1.165) is 18.2 Å². The Balaban J connectivity index is 2.10. The summed E-state index contributed by atoms with van der Waals surface area (Å²) in [5, 5.41) is 3.51. The molecule has 0 amide bonds. The van der Waals surface area contributed by atoms with Gasteiger partial charge < -0.3 is 9.73 Å². The van der Waals surface area contributed by atoms with E-state index in [-0.39, 0.29) is 0 Å². The molecule has 1 heterocycles. The molecule has 1 saturated carbocycles. The average molecular weight is 179 g/mol. The zero-order valence-corrected chi connectivity index (χ0v) is 8.34. The van der Waals surface area contributed by atoms with Gasteiger partial charge >= 0.3 is 0 Å². The van der Waals surface area contributed by atoms with Crippen LogP contribution in [0.3, 0.4) is 0 Å². The van der Waals surface area contributed by atoms with E-state index in [9.17, 15) is 0 Å². The summed E-state index contributed by atoms with van der Waals surface area (Å²) in [6.07, 6.45) is 4.62. The molecule has 1 unspecified atom stereocenters. The van der Waals surface area contributed by atoms with Crippen LogP contribution in [0.1, 0.15) is 37.1 Å². The standard InChI is InChI=1S/C11H17NO/c1-3-12-11(9-4-5-9)10-6-8(2)13-7-10/h6-7,9,11-12H,3-5H2,1-2H3. The fourth-order valence-electron chi connectivity index (χ4n) is 1.83. The molecule has 0 aliphatic heterocycles. The maximum absolute atomic E-state index is 5.33. The summed E-state index contributed by atoms with van der Waals surface area (Å²) in [4.78, 5) is 0. The minimum absolute atomic E-state index is 0.530. The number of rotatable bonds is 4. The molecule has 13 heavy (non-hydrogen) atoms. The molecular formula is C11H17NO. The average Bonchev–Trinajstić information content (AvgIpc) is 2.85. The second-order valence-corrected chi connectivity index (χ2v) is 3.86. The van der Waals surface area contributed by atoms with E-state index in [0.29, 0.717) is 6.04 Å². The Kier molecular flexibility index (Phi) is 2.40. The van der Waals surface area contributed by atoms with Crippen LogP contribution in [0.2, 0.25) is 0 Å². The van der Waals surface area contributed by atoms with Gasteiger partial charge in [0.25, 0.3) is 0 Å². The molecule has 1 N–H and O–H groups in total. The summed E-state index contributed by atoms with van der Waals surface area (Å²) >= 11 is 0. The third-order valence-electron chi connectivity index (χ3n) is 2.63. The normalized spacial score (nSPS) is 18.9. The number of furan rings is 1. The zero-order valence-electron chi connectivity index (χ0n) is 8.34. The molecule has 1 fully saturated rings. The Bertz CT molecular complexity index is 275. The third-order valence-corrected chi connectivity index (χ3v) is 2.63. The molecular weight excluding hydrogens is 162 g/mol. The SMILES string of the molecule is CCNC(c1coc(C)c1)C1CC1. The van der Waals surface area contributed by atoms with Crippen LogP contribution in [0.25, 0.3) is 0 Å². The van der Waals surface area contributed by atoms with Gasteiger partial charge in [-0.2, -0.15) is 0 Å². The smallest absolute Gasteiger partial charge is 0.101 e. The first-order valence-electron chi connectivity index (χ1n) is 5.09. The lowest BCUT2D eigenvalue weighted by atomic mass is 10.1. The van der Waals surface area contributed by atoms with Gasteiger partial charge in [-0.05, 0) is 38.3 Å². The van der Waals surface area contributed by atoms with Gasteiger partial charge in [0.1, 0.15) is 5.76 Å². The van der Waals surface area contributed by atoms with Crippen LogP contribution in [-0.4, -0.2) is 6.54 Å². The van der Waals surface area contributed by atoms with Gasteiger partial charge in [0, 0.05) is 11.6 Å². The molecule has 2 heteroatoms. The lowest BCUT2D eigenvalue weighted by Gasteiger charge is -2.14. The van der Waals surface area contributed by atoms with Crippen LogP contribution in [0.4, 0.5) is 0 Å². The van der Waals surface area contributed by atoms with Gasteiger partial charge in [0.2, 0.25) is 0 Å². The second kappa shape index (κ2) is 3.54. The van der Waals surface area contributed by atoms with Crippen LogP contribution in [0, 0.1) is 12.8 Å². The molecule has 0 bridgehead atoms. The number of nitrogens with one attached hydrogen (secondary N) is 1. The van der Waals surface area contributed by atoms with Crippen molar-refractivity contribution in [2.24, 2.45) is 5.92 Å². The molecule has 1 aliphatic rings. The van der Waals surface area contributed by atoms with E-state index in [1.807, 2.05) is 13.2 Å². The van der Waals surface area contributed by atoms with E-state index in [1.165, 1.54) is 18.4 Å². The van der Waals surface area contributed by atoms with Crippen molar-refractivity contribution in [1.82, 2.24) is 5.32 Å². The highest BCUT2D eigenvalue weighted by atomic mass is 16.3. The van der Waals surface area contributed by atoms with Crippen LogP contribution < -0.4 is 5.32 Å². The molecule has 1 aliphatic carbocycles. The summed E-state index contributed by atoms with van der Waals surface area (Å²) in [6, 6.07) is 2.67. The topological polar surface area (TPSA) is 25.2 Å². The first-order chi connectivity index (χ1) is 6.31. The monoisotopic (exact) mass is 179 g/mol. The van der Waals surface area contributed by atoms with Crippen LogP contribution >= 0.6 is 0 Å². The van der Waals surface area contributed by atoms with Crippen LogP contribution in [0.5, 0.6) is 0 Å². The van der Waals surface area contributed by atoms with Gasteiger partial charge in [0.05, 0.1) is 6.26 Å². The van der Waals surface area contributed by atoms with Crippen molar-refractivity contribution in [2.45, 2.75) is 32.7 Å². The zero-order chi connectivity index (χ0) is 9.26. The predicted molar refractivity (Wildman–Crippen MR) is 52.6 cm³/mol. The van der Waals surface area contributed by atoms with Gasteiger partial charge in [-0.1, -0.05) is 6.92 Å². The second-order valence-electron chi connectivity index (χ2n) is 3.86. The first-order valence-corrected chi connectivity index (χ1v) is 5.09. The van der Waals surface area contributed by atoms with Gasteiger partial charge in [0.15, 0.2) is 0 Å². The molecule has 1 atom stereocenters.